The molecule has 5 heteroatoms. The highest BCUT2D eigenvalue weighted by Gasteiger charge is 2.04. The lowest BCUT2D eigenvalue weighted by Crippen LogP contribution is -2.38. The number of hydrogen-bond acceptors (Lipinski definition) is 2. The van der Waals surface area contributed by atoms with Gasteiger partial charge in [-0.2, -0.15) is 0 Å². The highest BCUT2D eigenvalue weighted by atomic mass is 16.5. The van der Waals surface area contributed by atoms with Crippen molar-refractivity contribution >= 4 is 16.9 Å². The van der Waals surface area contributed by atoms with Crippen LogP contribution in [-0.4, -0.2) is 30.7 Å². The molecule has 0 radical (unpaired) electrons. The van der Waals surface area contributed by atoms with E-state index in [1.54, 1.807) is 0 Å². The number of benzene rings is 2. The quantitative estimate of drug-likeness (QED) is 0.579. The highest BCUT2D eigenvalue weighted by Crippen LogP contribution is 2.17. The topological polar surface area (TPSA) is 66.2 Å². The number of H-pyrrole nitrogens is 1. The summed E-state index contributed by atoms with van der Waals surface area (Å²) in [4.78, 5) is 15.1. The number of aromatic amines is 1. The van der Waals surface area contributed by atoms with Crippen molar-refractivity contribution in [2.24, 2.45) is 0 Å². The van der Waals surface area contributed by atoms with Gasteiger partial charge in [0.1, 0.15) is 12.4 Å². The molecule has 0 unspecified atom stereocenters. The van der Waals surface area contributed by atoms with Crippen LogP contribution in [0.2, 0.25) is 0 Å². The van der Waals surface area contributed by atoms with Crippen LogP contribution >= 0.6 is 0 Å². The summed E-state index contributed by atoms with van der Waals surface area (Å²) < 4.78 is 5.65. The summed E-state index contributed by atoms with van der Waals surface area (Å²) in [7, 11) is 0. The van der Waals surface area contributed by atoms with Crippen LogP contribution in [0, 0.1) is 6.92 Å². The molecule has 0 aliphatic rings. The molecular formula is C20H23N3O2. The molecule has 0 fully saturated rings. The number of aromatic nitrogens is 1. The molecule has 0 saturated carbocycles. The predicted molar refractivity (Wildman–Crippen MR) is 100 cm³/mol. The lowest BCUT2D eigenvalue weighted by atomic mass is 10.1. The first kappa shape index (κ1) is 16.9. The smallest absolute Gasteiger partial charge is 0.314 e. The highest BCUT2D eigenvalue weighted by molar-refractivity contribution is 5.83. The van der Waals surface area contributed by atoms with Crippen molar-refractivity contribution in [3.63, 3.8) is 0 Å². The first-order chi connectivity index (χ1) is 12.2. The summed E-state index contributed by atoms with van der Waals surface area (Å²) in [6, 6.07) is 15.8. The molecule has 2 aromatic carbocycles. The molecule has 1 aromatic heterocycles. The predicted octanol–water partition coefficient (Wildman–Crippen LogP) is 3.40. The Kier molecular flexibility index (Phi) is 5.57. The van der Waals surface area contributed by atoms with Crippen molar-refractivity contribution < 1.29 is 9.53 Å². The third-order valence-corrected chi connectivity index (χ3v) is 4.09. The largest absolute Gasteiger partial charge is 0.491 e. The van der Waals surface area contributed by atoms with Gasteiger partial charge in [0.05, 0.1) is 6.54 Å². The van der Waals surface area contributed by atoms with E-state index in [0.717, 1.165) is 23.3 Å². The number of ether oxygens (including phenoxy) is 1. The fourth-order valence-corrected chi connectivity index (χ4v) is 2.76. The number of hydrogen-bond donors (Lipinski definition) is 3. The molecule has 25 heavy (non-hydrogen) atoms. The monoisotopic (exact) mass is 337 g/mol. The van der Waals surface area contributed by atoms with Gasteiger partial charge >= 0.3 is 6.03 Å². The Labute approximate surface area is 147 Å². The van der Waals surface area contributed by atoms with E-state index in [0.29, 0.717) is 19.7 Å². The minimum absolute atomic E-state index is 0.173. The number of fused-ring (bicyclic) bond motifs is 1. The molecule has 0 saturated heterocycles. The Morgan fingerprint density at radius 1 is 1.04 bits per heavy atom. The number of para-hydroxylation sites is 2. The van der Waals surface area contributed by atoms with E-state index >= 15 is 0 Å². The van der Waals surface area contributed by atoms with Crippen LogP contribution in [0.5, 0.6) is 5.75 Å². The van der Waals surface area contributed by atoms with E-state index < -0.39 is 0 Å². The SMILES string of the molecule is Cc1ccccc1OCCNC(=O)NCCc1c[nH]c2ccccc12. The molecule has 3 rings (SSSR count). The molecule has 0 aliphatic heterocycles. The number of carbonyl (C=O) groups excluding carboxylic acids is 1. The standard InChI is InChI=1S/C20H23N3O2/c1-15-6-2-5-9-19(15)25-13-12-22-20(24)21-11-10-16-14-23-18-8-4-3-7-17(16)18/h2-9,14,23H,10-13H2,1H3,(H2,21,22,24). The van der Waals surface area contributed by atoms with Crippen molar-refractivity contribution in [3.8, 4) is 5.75 Å². The maximum atomic E-state index is 11.8. The fourth-order valence-electron chi connectivity index (χ4n) is 2.76. The average Bonchev–Trinajstić information content (AvgIpc) is 3.03. The van der Waals surface area contributed by atoms with Crippen LogP contribution in [0.4, 0.5) is 4.79 Å². The van der Waals surface area contributed by atoms with Gasteiger partial charge < -0.3 is 20.4 Å². The van der Waals surface area contributed by atoms with Gasteiger partial charge in [-0.15, -0.1) is 0 Å². The van der Waals surface area contributed by atoms with Gasteiger partial charge in [-0.3, -0.25) is 0 Å². The van der Waals surface area contributed by atoms with Gasteiger partial charge in [0.15, 0.2) is 0 Å². The molecule has 3 aromatic rings. The van der Waals surface area contributed by atoms with E-state index in [1.165, 1.54) is 10.9 Å². The van der Waals surface area contributed by atoms with E-state index in [4.69, 9.17) is 4.74 Å². The second-order valence-electron chi connectivity index (χ2n) is 5.91. The number of urea groups is 1. The first-order valence-corrected chi connectivity index (χ1v) is 8.49. The van der Waals surface area contributed by atoms with Crippen LogP contribution in [0.25, 0.3) is 10.9 Å². The van der Waals surface area contributed by atoms with E-state index in [9.17, 15) is 4.79 Å². The molecule has 0 spiro atoms. The summed E-state index contributed by atoms with van der Waals surface area (Å²) in [6.45, 7) is 3.50. The second-order valence-corrected chi connectivity index (χ2v) is 5.91. The van der Waals surface area contributed by atoms with Gasteiger partial charge in [-0.1, -0.05) is 36.4 Å². The minimum atomic E-state index is -0.173. The maximum absolute atomic E-state index is 11.8. The molecule has 3 N–H and O–H groups in total. The van der Waals surface area contributed by atoms with Gasteiger partial charge in [0.2, 0.25) is 0 Å². The third-order valence-electron chi connectivity index (χ3n) is 4.09. The Balaban J connectivity index is 1.35. The maximum Gasteiger partial charge on any atom is 0.314 e. The normalized spacial score (nSPS) is 10.6. The molecular weight excluding hydrogens is 314 g/mol. The number of nitrogens with one attached hydrogen (secondary N) is 3. The number of carbonyl (C=O) groups is 1. The lowest BCUT2D eigenvalue weighted by molar-refractivity contribution is 0.236. The summed E-state index contributed by atoms with van der Waals surface area (Å²) in [5, 5.41) is 6.89. The molecule has 2 amide bonds. The molecule has 5 nitrogen and oxygen atoms in total. The van der Waals surface area contributed by atoms with Crippen molar-refractivity contribution in [2.45, 2.75) is 13.3 Å². The summed E-state index contributed by atoms with van der Waals surface area (Å²) >= 11 is 0. The van der Waals surface area contributed by atoms with Crippen LogP contribution < -0.4 is 15.4 Å². The lowest BCUT2D eigenvalue weighted by Gasteiger charge is -2.10. The number of amides is 2. The van der Waals surface area contributed by atoms with Gasteiger partial charge in [0, 0.05) is 23.6 Å². The Morgan fingerprint density at radius 2 is 1.80 bits per heavy atom. The van der Waals surface area contributed by atoms with Crippen molar-refractivity contribution in [1.29, 1.82) is 0 Å². The van der Waals surface area contributed by atoms with Crippen LogP contribution in [0.1, 0.15) is 11.1 Å². The summed E-state index contributed by atoms with van der Waals surface area (Å²) in [5.41, 5.74) is 3.42. The zero-order chi connectivity index (χ0) is 17.5. The van der Waals surface area contributed by atoms with Crippen molar-refractivity contribution in [3.05, 3.63) is 65.9 Å². The number of rotatable bonds is 7. The first-order valence-electron chi connectivity index (χ1n) is 8.49. The van der Waals surface area contributed by atoms with Crippen LogP contribution in [0.3, 0.4) is 0 Å². The Hall–Kier alpha value is -2.95. The molecule has 0 bridgehead atoms. The second kappa shape index (κ2) is 8.24. The third kappa shape index (κ3) is 4.53. The molecule has 0 aliphatic carbocycles. The zero-order valence-corrected chi connectivity index (χ0v) is 14.3. The summed E-state index contributed by atoms with van der Waals surface area (Å²) in [6.07, 6.45) is 2.79. The van der Waals surface area contributed by atoms with Crippen LogP contribution in [0.15, 0.2) is 54.7 Å². The minimum Gasteiger partial charge on any atom is -0.491 e. The van der Waals surface area contributed by atoms with Gasteiger partial charge in [-0.25, -0.2) is 4.79 Å². The van der Waals surface area contributed by atoms with E-state index in [2.05, 4.69) is 21.7 Å². The van der Waals surface area contributed by atoms with Crippen molar-refractivity contribution in [1.82, 2.24) is 15.6 Å². The molecule has 130 valence electrons. The Morgan fingerprint density at radius 3 is 2.68 bits per heavy atom. The Bertz CT molecular complexity index is 842. The molecule has 1 heterocycles. The zero-order valence-electron chi connectivity index (χ0n) is 14.3. The van der Waals surface area contributed by atoms with Crippen LogP contribution in [-0.2, 0) is 6.42 Å². The van der Waals surface area contributed by atoms with E-state index in [-0.39, 0.29) is 6.03 Å². The average molecular weight is 337 g/mol. The van der Waals surface area contributed by atoms with Crippen molar-refractivity contribution in [2.75, 3.05) is 19.7 Å². The van der Waals surface area contributed by atoms with Gasteiger partial charge in [-0.05, 0) is 36.6 Å². The number of aryl methyl sites for hydroxylation is 1. The van der Waals surface area contributed by atoms with E-state index in [1.807, 2.05) is 55.6 Å². The summed E-state index contributed by atoms with van der Waals surface area (Å²) in [5.74, 6) is 0.851. The molecule has 0 atom stereocenters. The van der Waals surface area contributed by atoms with Gasteiger partial charge in [0.25, 0.3) is 0 Å². The fraction of sp³-hybridized carbons (Fsp3) is 0.250.